The van der Waals surface area contributed by atoms with Crippen molar-refractivity contribution in [3.8, 4) is 0 Å². The van der Waals surface area contributed by atoms with Crippen molar-refractivity contribution in [3.63, 3.8) is 0 Å². The Balaban J connectivity index is -0.000000144. The molecule has 0 heterocycles. The van der Waals surface area contributed by atoms with Gasteiger partial charge in [-0.1, -0.05) is 0 Å². The maximum Gasteiger partial charge on any atom is 0.209 e. The van der Waals surface area contributed by atoms with Crippen LogP contribution in [0.2, 0.25) is 0 Å². The van der Waals surface area contributed by atoms with Gasteiger partial charge in [-0.2, -0.15) is 10.2 Å². The smallest absolute Gasteiger partial charge is 0.209 e. The summed E-state index contributed by atoms with van der Waals surface area (Å²) in [5.74, 6) is 8.99. The van der Waals surface area contributed by atoms with Crippen LogP contribution in [0.15, 0.2) is 20.4 Å². The number of carbonyl (C=O) groups excluding carboxylic acids is 1. The van der Waals surface area contributed by atoms with Crippen LogP contribution in [0.3, 0.4) is 0 Å². The van der Waals surface area contributed by atoms with Crippen LogP contribution in [0, 0.1) is 11.1 Å². The molecule has 0 aromatic heterocycles. The highest BCUT2D eigenvalue weighted by atomic mass is 16.1. The molecule has 0 aliphatic rings. The third-order valence-electron chi connectivity index (χ3n) is 0.460. The fraction of sp³-hybridized carbons (Fsp3) is 0.400. The Labute approximate surface area is 87.0 Å². The van der Waals surface area contributed by atoms with Gasteiger partial charge in [-0.3, -0.25) is 4.79 Å². The lowest BCUT2D eigenvalue weighted by atomic mass is 11.0. The summed E-state index contributed by atoms with van der Waals surface area (Å²) in [6.07, 6.45) is 2.64. The van der Waals surface area contributed by atoms with Gasteiger partial charge in [-0.25, -0.2) is 11.1 Å². The van der Waals surface area contributed by atoms with Gasteiger partial charge in [-0.15, -0.1) is 10.2 Å². The van der Waals surface area contributed by atoms with E-state index in [1.807, 2.05) is 0 Å². The Morgan fingerprint density at radius 1 is 1.07 bits per heavy atom. The number of nitrogens with two attached hydrogens (primary N) is 2. The lowest BCUT2D eigenvalue weighted by molar-refractivity contribution is -0.115. The second-order valence-corrected chi connectivity index (χ2v) is 1.86. The van der Waals surface area contributed by atoms with Gasteiger partial charge in [0, 0.05) is 14.1 Å². The third-order valence-corrected chi connectivity index (χ3v) is 0.460. The Morgan fingerprint density at radius 3 is 1.33 bits per heavy atom. The van der Waals surface area contributed by atoms with Gasteiger partial charge in [0.1, 0.15) is 0 Å². The first kappa shape index (κ1) is 18.4. The van der Waals surface area contributed by atoms with E-state index in [4.69, 9.17) is 11.1 Å². The quantitative estimate of drug-likeness (QED) is 0.125. The predicted molar refractivity (Wildman–Crippen MR) is 55.4 cm³/mol. The monoisotopic (exact) mass is 217 g/mol. The largest absolute Gasteiger partial charge is 0.351 e. The number of hydrazone groups is 2. The number of nitrogens with zero attached hydrogens (tertiary/aromatic N) is 5. The zero-order valence-corrected chi connectivity index (χ0v) is 8.53. The number of amides is 1. The van der Waals surface area contributed by atoms with E-state index in [1.165, 1.54) is 4.90 Å². The van der Waals surface area contributed by atoms with Crippen LogP contribution in [0.5, 0.6) is 0 Å². The first-order valence-electron chi connectivity index (χ1n) is 3.38. The Morgan fingerprint density at radius 2 is 1.33 bits per heavy atom. The van der Waals surface area contributed by atoms with Crippen molar-refractivity contribution in [2.24, 2.45) is 32.1 Å². The zero-order valence-electron chi connectivity index (χ0n) is 8.53. The molecule has 6 N–H and O–H groups in total. The normalized spacial score (nSPS) is 8.13. The molecule has 0 radical (unpaired) electrons. The summed E-state index contributed by atoms with van der Waals surface area (Å²) in [6, 6.07) is 0. The highest BCUT2D eigenvalue weighted by Crippen LogP contribution is 1.52. The number of hydrogen-bond donors (Lipinski definition) is 4. The fourth-order valence-corrected chi connectivity index (χ4v) is 0.0667. The van der Waals surface area contributed by atoms with Crippen molar-refractivity contribution in [2.45, 2.75) is 0 Å². The van der Waals surface area contributed by atoms with Gasteiger partial charge in [0.25, 0.3) is 0 Å². The number of carbonyl (C=O) groups is 1. The Kier molecular flexibility index (Phi) is 27.7. The van der Waals surface area contributed by atoms with Crippen molar-refractivity contribution < 1.29 is 4.79 Å². The van der Waals surface area contributed by atoms with E-state index in [0.717, 1.165) is 19.1 Å². The second kappa shape index (κ2) is 22.6. The molecule has 0 fully saturated rings. The molecule has 0 aromatic carbocycles. The van der Waals surface area contributed by atoms with Gasteiger partial charge in [0.2, 0.25) is 6.41 Å². The highest BCUT2D eigenvalue weighted by Gasteiger charge is 1.68. The second-order valence-electron chi connectivity index (χ2n) is 1.86. The van der Waals surface area contributed by atoms with Crippen LogP contribution in [0.1, 0.15) is 0 Å². The van der Waals surface area contributed by atoms with E-state index >= 15 is 0 Å². The van der Waals surface area contributed by atoms with E-state index in [0.29, 0.717) is 0 Å². The number of hydrogen-bond acceptors (Lipinski definition) is 7. The highest BCUT2D eigenvalue weighted by molar-refractivity contribution is 5.53. The molecule has 86 valence electrons. The van der Waals surface area contributed by atoms with E-state index in [-0.39, 0.29) is 0 Å². The average molecular weight is 217 g/mol. The van der Waals surface area contributed by atoms with Crippen molar-refractivity contribution >= 4 is 19.1 Å². The summed E-state index contributed by atoms with van der Waals surface area (Å²) >= 11 is 0. The minimum atomic E-state index is 0.750. The van der Waals surface area contributed by atoms with Crippen LogP contribution in [0.4, 0.5) is 0 Å². The molecule has 0 aliphatic carbocycles. The van der Waals surface area contributed by atoms with Crippen LogP contribution >= 0.6 is 0 Å². The Bertz CT molecular complexity index is 183. The standard InChI is InChI=1S/C3H7NO.2CH4N4/c1-4(2)3-5;2*2-4-1-5-3/h3H,1-2H3;2*1-2H,3H2. The summed E-state index contributed by atoms with van der Waals surface area (Å²) in [5.41, 5.74) is 12.0. The van der Waals surface area contributed by atoms with E-state index in [2.05, 4.69) is 32.1 Å². The molecule has 0 aliphatic heterocycles. The molecule has 0 atom stereocenters. The summed E-state index contributed by atoms with van der Waals surface area (Å²) in [6.45, 7) is 0. The minimum absolute atomic E-state index is 0.750. The van der Waals surface area contributed by atoms with Gasteiger partial charge in [-0.05, 0) is 0 Å². The molecule has 0 saturated heterocycles. The minimum Gasteiger partial charge on any atom is -0.351 e. The lowest BCUT2D eigenvalue weighted by Crippen LogP contribution is -2.06. The molecule has 0 bridgehead atoms. The molecule has 1 amide bonds. The summed E-state index contributed by atoms with van der Waals surface area (Å²) < 4.78 is 0. The van der Waals surface area contributed by atoms with Gasteiger partial charge in [0.15, 0.2) is 12.7 Å². The summed E-state index contributed by atoms with van der Waals surface area (Å²) in [4.78, 5) is 10.9. The molecule has 0 aromatic rings. The van der Waals surface area contributed by atoms with E-state index in [9.17, 15) is 4.79 Å². The molecule has 0 saturated carbocycles. The van der Waals surface area contributed by atoms with Crippen LogP contribution < -0.4 is 11.7 Å². The van der Waals surface area contributed by atoms with Crippen molar-refractivity contribution in [3.05, 3.63) is 0 Å². The van der Waals surface area contributed by atoms with Gasteiger partial charge in [0.05, 0.1) is 0 Å². The molecule has 0 spiro atoms. The average Bonchev–Trinajstić information content (AvgIpc) is 2.22. The summed E-state index contributed by atoms with van der Waals surface area (Å²) in [5, 5.41) is 11.1. The van der Waals surface area contributed by atoms with E-state index < -0.39 is 0 Å². The predicted octanol–water partition coefficient (Wildman–Crippen LogP) is -0.457. The first-order chi connectivity index (χ1) is 7.10. The van der Waals surface area contributed by atoms with Crippen molar-refractivity contribution in [1.82, 2.24) is 4.90 Å². The van der Waals surface area contributed by atoms with Gasteiger partial charge < -0.3 is 16.6 Å². The third kappa shape index (κ3) is 82.3. The molecule has 10 heteroatoms. The van der Waals surface area contributed by atoms with E-state index in [1.54, 1.807) is 14.1 Å². The first-order valence-corrected chi connectivity index (χ1v) is 3.38. The molecule has 15 heavy (non-hydrogen) atoms. The molecular formula is C5H15N9O. The molecule has 0 unspecified atom stereocenters. The van der Waals surface area contributed by atoms with Crippen LogP contribution in [0.25, 0.3) is 0 Å². The SMILES string of the molecule is CN(C)C=O.N=NC=NN.N=NC=NN. The fourth-order valence-electron chi connectivity index (χ4n) is 0.0667. The number of rotatable bonds is 3. The topological polar surface area (TPSA) is 169 Å². The van der Waals surface area contributed by atoms with Crippen LogP contribution in [-0.2, 0) is 4.79 Å². The van der Waals surface area contributed by atoms with Crippen molar-refractivity contribution in [2.75, 3.05) is 14.1 Å². The lowest BCUT2D eigenvalue weighted by Gasteiger charge is -1.93. The molecular weight excluding hydrogens is 202 g/mol. The maximum absolute atomic E-state index is 9.43. The zero-order chi connectivity index (χ0) is 12.5. The van der Waals surface area contributed by atoms with Gasteiger partial charge >= 0.3 is 0 Å². The Hall–Kier alpha value is -2.39. The molecule has 0 rings (SSSR count). The maximum atomic E-state index is 9.43. The molecule has 10 nitrogen and oxygen atoms in total. The van der Waals surface area contributed by atoms with Crippen molar-refractivity contribution in [1.29, 1.82) is 11.1 Å². The van der Waals surface area contributed by atoms with Crippen LogP contribution in [-0.4, -0.2) is 38.1 Å². The number of nitrogens with one attached hydrogen (secondary N) is 2. The summed E-state index contributed by atoms with van der Waals surface area (Å²) in [7, 11) is 3.38.